The minimum absolute atomic E-state index is 0.581. The average Bonchev–Trinajstić information content (AvgIpc) is 2.25. The molecule has 0 saturated heterocycles. The van der Waals surface area contributed by atoms with Crippen LogP contribution in [0, 0.1) is 6.92 Å². The molecule has 1 aliphatic carbocycles. The molecule has 0 unspecified atom stereocenters. The molecule has 0 amide bonds. The predicted octanol–water partition coefficient (Wildman–Crippen LogP) is 1.11. The van der Waals surface area contributed by atoms with Crippen molar-refractivity contribution in [1.82, 2.24) is 9.97 Å². The number of rotatable bonds is 5. The Hall–Kier alpha value is -1.36. The monoisotopic (exact) mass is 236 g/mol. The SMILES string of the molecule is COc1cc(N(CCN)C2CCC2)nc(C)n1. The molecule has 0 aliphatic heterocycles. The van der Waals surface area contributed by atoms with Gasteiger partial charge in [-0.15, -0.1) is 0 Å². The third-order valence-corrected chi connectivity index (χ3v) is 3.19. The van der Waals surface area contributed by atoms with Crippen molar-refractivity contribution in [3.05, 3.63) is 11.9 Å². The summed E-state index contributed by atoms with van der Waals surface area (Å²) in [6, 6.07) is 2.47. The van der Waals surface area contributed by atoms with Gasteiger partial charge in [0.1, 0.15) is 11.6 Å². The van der Waals surface area contributed by atoms with Gasteiger partial charge in [0.05, 0.1) is 7.11 Å². The van der Waals surface area contributed by atoms with Crippen LogP contribution in [0.4, 0.5) is 5.82 Å². The van der Waals surface area contributed by atoms with Gasteiger partial charge in [-0.3, -0.25) is 0 Å². The van der Waals surface area contributed by atoms with Crippen LogP contribution >= 0.6 is 0 Å². The summed E-state index contributed by atoms with van der Waals surface area (Å²) in [5.41, 5.74) is 5.68. The second-order valence-electron chi connectivity index (χ2n) is 4.38. The molecule has 5 heteroatoms. The van der Waals surface area contributed by atoms with E-state index in [0.717, 1.165) is 18.2 Å². The summed E-state index contributed by atoms with van der Waals surface area (Å²) in [6.07, 6.45) is 3.75. The van der Waals surface area contributed by atoms with E-state index in [1.54, 1.807) is 7.11 Å². The maximum Gasteiger partial charge on any atom is 0.218 e. The first-order valence-corrected chi connectivity index (χ1v) is 6.11. The fraction of sp³-hybridized carbons (Fsp3) is 0.667. The Bertz CT molecular complexity index is 379. The highest BCUT2D eigenvalue weighted by Crippen LogP contribution is 2.29. The molecule has 1 saturated carbocycles. The van der Waals surface area contributed by atoms with E-state index in [2.05, 4.69) is 14.9 Å². The average molecular weight is 236 g/mol. The highest BCUT2D eigenvalue weighted by molar-refractivity contribution is 5.43. The predicted molar refractivity (Wildman–Crippen MR) is 67.4 cm³/mol. The summed E-state index contributed by atoms with van der Waals surface area (Å²) in [5.74, 6) is 2.29. The van der Waals surface area contributed by atoms with Crippen molar-refractivity contribution in [1.29, 1.82) is 0 Å². The number of nitrogens with two attached hydrogens (primary N) is 1. The molecule has 1 aromatic heterocycles. The van der Waals surface area contributed by atoms with Crippen LogP contribution in [-0.4, -0.2) is 36.2 Å². The molecule has 1 aliphatic rings. The summed E-state index contributed by atoms with van der Waals surface area (Å²) < 4.78 is 5.19. The van der Waals surface area contributed by atoms with Crippen molar-refractivity contribution in [3.63, 3.8) is 0 Å². The molecule has 0 spiro atoms. The van der Waals surface area contributed by atoms with Gasteiger partial charge in [-0.25, -0.2) is 4.98 Å². The number of anilines is 1. The van der Waals surface area contributed by atoms with Gasteiger partial charge in [0, 0.05) is 25.2 Å². The fourth-order valence-corrected chi connectivity index (χ4v) is 2.10. The largest absolute Gasteiger partial charge is 0.481 e. The van der Waals surface area contributed by atoms with Crippen LogP contribution in [0.15, 0.2) is 6.07 Å². The second kappa shape index (κ2) is 5.31. The van der Waals surface area contributed by atoms with Gasteiger partial charge in [0.15, 0.2) is 0 Å². The lowest BCUT2D eigenvalue weighted by Crippen LogP contribution is -2.43. The van der Waals surface area contributed by atoms with Gasteiger partial charge in [0.2, 0.25) is 5.88 Å². The van der Waals surface area contributed by atoms with Crippen molar-refractivity contribution < 1.29 is 4.74 Å². The van der Waals surface area contributed by atoms with E-state index < -0.39 is 0 Å². The normalized spacial score (nSPS) is 15.5. The van der Waals surface area contributed by atoms with Crippen molar-refractivity contribution in [2.24, 2.45) is 5.73 Å². The summed E-state index contributed by atoms with van der Waals surface area (Å²) in [6.45, 7) is 3.36. The number of aromatic nitrogens is 2. The zero-order chi connectivity index (χ0) is 12.3. The van der Waals surface area contributed by atoms with Crippen molar-refractivity contribution in [2.45, 2.75) is 32.2 Å². The quantitative estimate of drug-likeness (QED) is 0.829. The number of hydrogen-bond donors (Lipinski definition) is 1. The molecule has 0 bridgehead atoms. The Morgan fingerprint density at radius 3 is 2.76 bits per heavy atom. The first-order chi connectivity index (χ1) is 8.24. The van der Waals surface area contributed by atoms with Crippen LogP contribution in [0.25, 0.3) is 0 Å². The summed E-state index contributed by atoms with van der Waals surface area (Å²) in [4.78, 5) is 11.0. The maximum absolute atomic E-state index is 5.68. The first kappa shape index (κ1) is 12.1. The standard InChI is InChI=1S/C12H20N4O/c1-9-14-11(8-12(15-9)17-2)16(7-6-13)10-4-3-5-10/h8,10H,3-7,13H2,1-2H3. The Morgan fingerprint density at radius 2 is 2.24 bits per heavy atom. The molecule has 2 rings (SSSR count). The molecule has 0 radical (unpaired) electrons. The minimum Gasteiger partial charge on any atom is -0.481 e. The molecule has 1 fully saturated rings. The van der Waals surface area contributed by atoms with E-state index in [1.807, 2.05) is 13.0 Å². The number of ether oxygens (including phenoxy) is 1. The molecule has 94 valence electrons. The molecular weight excluding hydrogens is 216 g/mol. The highest BCUT2D eigenvalue weighted by atomic mass is 16.5. The van der Waals surface area contributed by atoms with Gasteiger partial charge in [-0.1, -0.05) is 0 Å². The smallest absolute Gasteiger partial charge is 0.218 e. The lowest BCUT2D eigenvalue weighted by Gasteiger charge is -2.38. The van der Waals surface area contributed by atoms with E-state index in [9.17, 15) is 0 Å². The zero-order valence-corrected chi connectivity index (χ0v) is 10.5. The molecular formula is C12H20N4O. The van der Waals surface area contributed by atoms with Crippen LogP contribution in [0.5, 0.6) is 5.88 Å². The van der Waals surface area contributed by atoms with Crippen LogP contribution in [0.1, 0.15) is 25.1 Å². The van der Waals surface area contributed by atoms with Crippen molar-refractivity contribution in [2.75, 3.05) is 25.1 Å². The summed E-state index contributed by atoms with van der Waals surface area (Å²) in [7, 11) is 1.63. The molecule has 2 N–H and O–H groups in total. The van der Waals surface area contributed by atoms with E-state index in [1.165, 1.54) is 19.3 Å². The molecule has 0 aromatic carbocycles. The van der Waals surface area contributed by atoms with Crippen LogP contribution in [-0.2, 0) is 0 Å². The van der Waals surface area contributed by atoms with Gasteiger partial charge >= 0.3 is 0 Å². The molecule has 17 heavy (non-hydrogen) atoms. The minimum atomic E-state index is 0.581. The fourth-order valence-electron chi connectivity index (χ4n) is 2.10. The van der Waals surface area contributed by atoms with Crippen LogP contribution in [0.2, 0.25) is 0 Å². The van der Waals surface area contributed by atoms with Crippen molar-refractivity contribution in [3.8, 4) is 5.88 Å². The van der Waals surface area contributed by atoms with Gasteiger partial charge in [0.25, 0.3) is 0 Å². The van der Waals surface area contributed by atoms with Gasteiger partial charge < -0.3 is 15.4 Å². The number of methoxy groups -OCH3 is 1. The Labute approximate surface area is 102 Å². The molecule has 1 heterocycles. The van der Waals surface area contributed by atoms with Crippen LogP contribution < -0.4 is 15.4 Å². The number of hydrogen-bond acceptors (Lipinski definition) is 5. The second-order valence-corrected chi connectivity index (χ2v) is 4.38. The lowest BCUT2D eigenvalue weighted by molar-refractivity contribution is 0.380. The highest BCUT2D eigenvalue weighted by Gasteiger charge is 2.26. The molecule has 1 aromatic rings. The Balaban J connectivity index is 2.24. The first-order valence-electron chi connectivity index (χ1n) is 6.11. The third kappa shape index (κ3) is 2.66. The van der Waals surface area contributed by atoms with Gasteiger partial charge in [-0.05, 0) is 26.2 Å². The molecule has 5 nitrogen and oxygen atoms in total. The summed E-state index contributed by atoms with van der Waals surface area (Å²) >= 11 is 0. The van der Waals surface area contributed by atoms with Crippen LogP contribution in [0.3, 0.4) is 0 Å². The number of aryl methyl sites for hydroxylation is 1. The van der Waals surface area contributed by atoms with E-state index in [4.69, 9.17) is 10.5 Å². The lowest BCUT2D eigenvalue weighted by atomic mass is 9.91. The molecule has 0 atom stereocenters. The third-order valence-electron chi connectivity index (χ3n) is 3.19. The van der Waals surface area contributed by atoms with Crippen molar-refractivity contribution >= 4 is 5.82 Å². The van der Waals surface area contributed by atoms with E-state index in [-0.39, 0.29) is 0 Å². The van der Waals surface area contributed by atoms with E-state index in [0.29, 0.717) is 18.5 Å². The maximum atomic E-state index is 5.68. The Morgan fingerprint density at radius 1 is 1.47 bits per heavy atom. The number of nitrogens with zero attached hydrogens (tertiary/aromatic N) is 3. The van der Waals surface area contributed by atoms with Gasteiger partial charge in [-0.2, -0.15) is 4.98 Å². The topological polar surface area (TPSA) is 64.3 Å². The van der Waals surface area contributed by atoms with E-state index >= 15 is 0 Å². The Kier molecular flexibility index (Phi) is 3.78. The zero-order valence-electron chi connectivity index (χ0n) is 10.5. The summed E-state index contributed by atoms with van der Waals surface area (Å²) in [5, 5.41) is 0.